The van der Waals surface area contributed by atoms with E-state index < -0.39 is 0 Å². The van der Waals surface area contributed by atoms with Crippen molar-refractivity contribution in [3.8, 4) is 0 Å². The number of rotatable bonds is 2. The van der Waals surface area contributed by atoms with E-state index in [1.165, 1.54) is 12.8 Å². The van der Waals surface area contributed by atoms with E-state index in [4.69, 9.17) is 10.5 Å². The Labute approximate surface area is 110 Å². The third-order valence-electron chi connectivity index (χ3n) is 4.42. The first-order valence-corrected chi connectivity index (χ1v) is 7.24. The molecular formula is C14H26N2O2. The summed E-state index contributed by atoms with van der Waals surface area (Å²) in [7, 11) is 0. The van der Waals surface area contributed by atoms with Crippen LogP contribution >= 0.6 is 0 Å². The molecule has 0 aromatic carbocycles. The van der Waals surface area contributed by atoms with Gasteiger partial charge >= 0.3 is 0 Å². The smallest absolute Gasteiger partial charge is 0.226 e. The Morgan fingerprint density at radius 2 is 1.94 bits per heavy atom. The zero-order valence-electron chi connectivity index (χ0n) is 11.6. The highest BCUT2D eigenvalue weighted by atomic mass is 16.5. The summed E-state index contributed by atoms with van der Waals surface area (Å²) in [5.41, 5.74) is 5.64. The molecule has 2 N–H and O–H groups in total. The van der Waals surface area contributed by atoms with E-state index in [9.17, 15) is 4.79 Å². The van der Waals surface area contributed by atoms with Gasteiger partial charge in [-0.1, -0.05) is 6.92 Å². The van der Waals surface area contributed by atoms with Crippen LogP contribution in [0.1, 0.15) is 39.5 Å². The highest BCUT2D eigenvalue weighted by Gasteiger charge is 2.34. The summed E-state index contributed by atoms with van der Waals surface area (Å²) >= 11 is 0. The van der Waals surface area contributed by atoms with Crippen LogP contribution in [0.15, 0.2) is 0 Å². The van der Waals surface area contributed by atoms with Crippen molar-refractivity contribution in [1.29, 1.82) is 0 Å². The van der Waals surface area contributed by atoms with Gasteiger partial charge in [0.15, 0.2) is 0 Å². The number of carbonyl (C=O) groups is 1. The van der Waals surface area contributed by atoms with Crippen molar-refractivity contribution in [1.82, 2.24) is 4.90 Å². The molecule has 4 heteroatoms. The molecule has 4 nitrogen and oxygen atoms in total. The molecule has 18 heavy (non-hydrogen) atoms. The zero-order valence-corrected chi connectivity index (χ0v) is 11.6. The van der Waals surface area contributed by atoms with Crippen molar-refractivity contribution in [2.75, 3.05) is 19.7 Å². The normalized spacial score (nSPS) is 37.6. The molecule has 0 aromatic heterocycles. The van der Waals surface area contributed by atoms with E-state index in [0.717, 1.165) is 18.8 Å². The minimum atomic E-state index is 0.0210. The molecule has 104 valence electrons. The van der Waals surface area contributed by atoms with Crippen molar-refractivity contribution in [3.05, 3.63) is 0 Å². The van der Waals surface area contributed by atoms with E-state index in [-0.39, 0.29) is 18.1 Å². The van der Waals surface area contributed by atoms with Crippen molar-refractivity contribution in [3.63, 3.8) is 0 Å². The monoisotopic (exact) mass is 254 g/mol. The Morgan fingerprint density at radius 3 is 2.56 bits per heavy atom. The van der Waals surface area contributed by atoms with Gasteiger partial charge in [0, 0.05) is 19.0 Å². The lowest BCUT2D eigenvalue weighted by Gasteiger charge is -2.40. The maximum atomic E-state index is 12.6. The van der Waals surface area contributed by atoms with Gasteiger partial charge in [0.2, 0.25) is 5.91 Å². The van der Waals surface area contributed by atoms with Crippen LogP contribution in [0.25, 0.3) is 0 Å². The number of hydrogen-bond acceptors (Lipinski definition) is 3. The lowest BCUT2D eigenvalue weighted by molar-refractivity contribution is -0.149. The van der Waals surface area contributed by atoms with Crippen LogP contribution in [0.3, 0.4) is 0 Å². The SMILES string of the molecule is CC1CCC(C(=O)N2CC(CN)OCC2C)CC1. The summed E-state index contributed by atoms with van der Waals surface area (Å²) in [6.45, 7) is 6.14. The van der Waals surface area contributed by atoms with Crippen LogP contribution in [-0.4, -0.2) is 42.6 Å². The fourth-order valence-electron chi connectivity index (χ4n) is 3.01. The maximum Gasteiger partial charge on any atom is 0.226 e. The first-order valence-electron chi connectivity index (χ1n) is 7.24. The number of carbonyl (C=O) groups excluding carboxylic acids is 1. The third kappa shape index (κ3) is 3.04. The second-order valence-electron chi connectivity index (χ2n) is 5.99. The first-order chi connectivity index (χ1) is 8.61. The molecule has 2 unspecified atom stereocenters. The van der Waals surface area contributed by atoms with Crippen LogP contribution < -0.4 is 5.73 Å². The molecular weight excluding hydrogens is 228 g/mol. The molecule has 0 spiro atoms. The van der Waals surface area contributed by atoms with Gasteiger partial charge in [-0.05, 0) is 38.5 Å². The minimum absolute atomic E-state index is 0.0210. The number of amides is 1. The summed E-state index contributed by atoms with van der Waals surface area (Å²) in [5, 5.41) is 0. The molecule has 1 saturated carbocycles. The maximum absolute atomic E-state index is 12.6. The predicted octanol–water partition coefficient (Wildman–Crippen LogP) is 1.39. The quantitative estimate of drug-likeness (QED) is 0.810. The summed E-state index contributed by atoms with van der Waals surface area (Å²) in [4.78, 5) is 14.6. The van der Waals surface area contributed by atoms with Gasteiger partial charge in [0.1, 0.15) is 0 Å². The summed E-state index contributed by atoms with van der Waals surface area (Å²) in [5.74, 6) is 1.35. The Morgan fingerprint density at radius 1 is 1.28 bits per heavy atom. The molecule has 2 fully saturated rings. The number of nitrogens with two attached hydrogens (primary N) is 1. The van der Waals surface area contributed by atoms with Crippen LogP contribution in [0.2, 0.25) is 0 Å². The molecule has 2 atom stereocenters. The highest BCUT2D eigenvalue weighted by Crippen LogP contribution is 2.30. The van der Waals surface area contributed by atoms with E-state index in [1.807, 2.05) is 4.90 Å². The molecule has 1 amide bonds. The fourth-order valence-corrected chi connectivity index (χ4v) is 3.01. The Bertz CT molecular complexity index is 288. The molecule has 0 radical (unpaired) electrons. The van der Waals surface area contributed by atoms with Crippen LogP contribution in [0.5, 0.6) is 0 Å². The molecule has 1 heterocycles. The Hall–Kier alpha value is -0.610. The minimum Gasteiger partial charge on any atom is -0.373 e. The van der Waals surface area contributed by atoms with Gasteiger partial charge in [-0.2, -0.15) is 0 Å². The molecule has 0 bridgehead atoms. The molecule has 2 aliphatic rings. The van der Waals surface area contributed by atoms with E-state index in [1.54, 1.807) is 0 Å². The van der Waals surface area contributed by atoms with Gasteiger partial charge in [-0.15, -0.1) is 0 Å². The average Bonchev–Trinajstić information content (AvgIpc) is 2.39. The second kappa shape index (κ2) is 6.02. The van der Waals surface area contributed by atoms with Crippen molar-refractivity contribution >= 4 is 5.91 Å². The molecule has 1 aliphatic carbocycles. The van der Waals surface area contributed by atoms with Crippen molar-refractivity contribution in [2.24, 2.45) is 17.6 Å². The third-order valence-corrected chi connectivity index (χ3v) is 4.42. The van der Waals surface area contributed by atoms with Gasteiger partial charge in [0.25, 0.3) is 0 Å². The summed E-state index contributed by atoms with van der Waals surface area (Å²) in [6, 6.07) is 0.194. The zero-order chi connectivity index (χ0) is 13.1. The van der Waals surface area contributed by atoms with Crippen LogP contribution in [-0.2, 0) is 9.53 Å². The van der Waals surface area contributed by atoms with Gasteiger partial charge in [0.05, 0.1) is 18.8 Å². The van der Waals surface area contributed by atoms with Crippen molar-refractivity contribution < 1.29 is 9.53 Å². The number of hydrogen-bond donors (Lipinski definition) is 1. The molecule has 1 aliphatic heterocycles. The lowest BCUT2D eigenvalue weighted by atomic mass is 9.82. The Balaban J connectivity index is 1.94. The largest absolute Gasteiger partial charge is 0.373 e. The standard InChI is InChI=1S/C14H26N2O2/c1-10-3-5-12(6-4-10)14(17)16-8-13(7-15)18-9-11(16)2/h10-13H,3-9,15H2,1-2H3. The van der Waals surface area contributed by atoms with Crippen LogP contribution in [0.4, 0.5) is 0 Å². The fraction of sp³-hybridized carbons (Fsp3) is 0.929. The summed E-state index contributed by atoms with van der Waals surface area (Å²) in [6.07, 6.45) is 4.51. The van der Waals surface area contributed by atoms with E-state index in [2.05, 4.69) is 13.8 Å². The van der Waals surface area contributed by atoms with Gasteiger partial charge < -0.3 is 15.4 Å². The number of ether oxygens (including phenoxy) is 1. The first kappa shape index (κ1) is 13.8. The van der Waals surface area contributed by atoms with E-state index >= 15 is 0 Å². The molecule has 0 aromatic rings. The average molecular weight is 254 g/mol. The highest BCUT2D eigenvalue weighted by molar-refractivity contribution is 5.79. The molecule has 1 saturated heterocycles. The predicted molar refractivity (Wildman–Crippen MR) is 71.1 cm³/mol. The lowest BCUT2D eigenvalue weighted by Crippen LogP contribution is -2.54. The molecule has 2 rings (SSSR count). The van der Waals surface area contributed by atoms with E-state index in [0.29, 0.717) is 25.6 Å². The van der Waals surface area contributed by atoms with Gasteiger partial charge in [-0.25, -0.2) is 0 Å². The topological polar surface area (TPSA) is 55.6 Å². The second-order valence-corrected chi connectivity index (χ2v) is 5.99. The summed E-state index contributed by atoms with van der Waals surface area (Å²) < 4.78 is 5.61. The Kier molecular flexibility index (Phi) is 4.62. The number of nitrogens with zero attached hydrogens (tertiary/aromatic N) is 1. The number of morpholine rings is 1. The van der Waals surface area contributed by atoms with Crippen LogP contribution in [0, 0.1) is 11.8 Å². The van der Waals surface area contributed by atoms with Crippen molar-refractivity contribution in [2.45, 2.75) is 51.7 Å². The van der Waals surface area contributed by atoms with Gasteiger partial charge in [-0.3, -0.25) is 4.79 Å².